The second-order valence-corrected chi connectivity index (χ2v) is 6.94. The lowest BCUT2D eigenvalue weighted by molar-refractivity contribution is 0.200. The maximum Gasteiger partial charge on any atom is 0.265 e. The molecule has 6 heteroatoms. The smallest absolute Gasteiger partial charge is 0.265 e. The molecular formula is C18H16ClNO3S. The molecule has 0 bridgehead atoms. The van der Waals surface area contributed by atoms with Gasteiger partial charge in [-0.25, -0.2) is 0 Å². The Morgan fingerprint density at radius 2 is 1.92 bits per heavy atom. The first-order valence-electron chi connectivity index (χ1n) is 7.44. The molecule has 0 aliphatic heterocycles. The van der Waals surface area contributed by atoms with Gasteiger partial charge in [-0.15, -0.1) is 11.8 Å². The van der Waals surface area contributed by atoms with Gasteiger partial charge in [0, 0.05) is 16.2 Å². The van der Waals surface area contributed by atoms with E-state index in [2.05, 4.69) is 4.98 Å². The van der Waals surface area contributed by atoms with E-state index in [0.717, 1.165) is 17.3 Å². The van der Waals surface area contributed by atoms with Gasteiger partial charge in [0.2, 0.25) is 0 Å². The molecule has 0 aliphatic carbocycles. The molecule has 3 N–H and O–H groups in total. The van der Waals surface area contributed by atoms with Crippen LogP contribution in [0.15, 0.2) is 58.2 Å². The minimum Gasteiger partial charge on any atom is -0.506 e. The van der Waals surface area contributed by atoms with Gasteiger partial charge in [-0.3, -0.25) is 4.79 Å². The molecular weight excluding hydrogens is 346 g/mol. The molecule has 0 fully saturated rings. The van der Waals surface area contributed by atoms with E-state index in [0.29, 0.717) is 28.1 Å². The van der Waals surface area contributed by atoms with Crippen LogP contribution in [0, 0.1) is 0 Å². The summed E-state index contributed by atoms with van der Waals surface area (Å²) >= 11 is 7.04. The number of nitrogens with one attached hydrogen (secondary N) is 1. The van der Waals surface area contributed by atoms with E-state index in [1.54, 1.807) is 18.2 Å². The number of benzene rings is 2. The monoisotopic (exact) mass is 361 g/mol. The third-order valence-corrected chi connectivity index (χ3v) is 5.09. The van der Waals surface area contributed by atoms with Crippen LogP contribution in [-0.4, -0.2) is 27.1 Å². The number of aromatic nitrogens is 1. The summed E-state index contributed by atoms with van der Waals surface area (Å²) in [6.07, 6.45) is -0.118. The van der Waals surface area contributed by atoms with E-state index in [-0.39, 0.29) is 16.2 Å². The van der Waals surface area contributed by atoms with Gasteiger partial charge in [0.15, 0.2) is 0 Å². The third kappa shape index (κ3) is 3.75. The number of pyridine rings is 1. The van der Waals surface area contributed by atoms with Gasteiger partial charge in [0.25, 0.3) is 5.56 Å². The van der Waals surface area contributed by atoms with Crippen LogP contribution in [-0.2, 0) is 6.42 Å². The lowest BCUT2D eigenvalue weighted by atomic mass is 10.1. The molecule has 124 valence electrons. The Labute approximate surface area is 148 Å². The molecule has 0 radical (unpaired) electrons. The summed E-state index contributed by atoms with van der Waals surface area (Å²) in [5.74, 6) is 0.229. The van der Waals surface area contributed by atoms with E-state index >= 15 is 0 Å². The number of aromatic hydroxyl groups is 1. The lowest BCUT2D eigenvalue weighted by Gasteiger charge is -2.11. The fourth-order valence-corrected chi connectivity index (χ4v) is 3.57. The second kappa shape index (κ2) is 7.30. The first kappa shape index (κ1) is 16.9. The number of aromatic amines is 1. The van der Waals surface area contributed by atoms with Gasteiger partial charge in [-0.2, -0.15) is 0 Å². The molecule has 24 heavy (non-hydrogen) atoms. The summed E-state index contributed by atoms with van der Waals surface area (Å²) in [5, 5.41) is 21.5. The average molecular weight is 362 g/mol. The topological polar surface area (TPSA) is 73.3 Å². The van der Waals surface area contributed by atoms with Gasteiger partial charge >= 0.3 is 0 Å². The van der Waals surface area contributed by atoms with Gasteiger partial charge in [-0.05, 0) is 30.2 Å². The van der Waals surface area contributed by atoms with Crippen molar-refractivity contribution in [3.05, 3.63) is 69.5 Å². The van der Waals surface area contributed by atoms with Crippen molar-refractivity contribution in [1.29, 1.82) is 0 Å². The van der Waals surface area contributed by atoms with Crippen molar-refractivity contribution in [3.63, 3.8) is 0 Å². The molecule has 0 aliphatic rings. The summed E-state index contributed by atoms with van der Waals surface area (Å²) in [7, 11) is 0. The Kier molecular flexibility index (Phi) is 5.14. The average Bonchev–Trinajstić information content (AvgIpc) is 2.55. The van der Waals surface area contributed by atoms with E-state index in [9.17, 15) is 15.0 Å². The van der Waals surface area contributed by atoms with Crippen LogP contribution >= 0.6 is 23.4 Å². The molecule has 3 rings (SSSR count). The highest BCUT2D eigenvalue weighted by atomic mass is 35.5. The van der Waals surface area contributed by atoms with Crippen molar-refractivity contribution < 1.29 is 10.2 Å². The first-order chi connectivity index (χ1) is 11.5. The standard InChI is InChI=1S/C18H16ClNO3S/c19-12-6-7-14-15(9-12)20-18(23)17(16(14)22)24-10-13(21)8-11-4-2-1-3-5-11/h1-7,9,13,21H,8,10H2,(H2,20,22,23). The molecule has 1 atom stereocenters. The van der Waals surface area contributed by atoms with Crippen molar-refractivity contribution in [2.75, 3.05) is 5.75 Å². The SMILES string of the molecule is O=c1[nH]c2cc(Cl)ccc2c(O)c1SCC(O)Cc1ccccc1. The minimum absolute atomic E-state index is 0.0812. The van der Waals surface area contributed by atoms with E-state index in [4.69, 9.17) is 11.6 Å². The Morgan fingerprint density at radius 1 is 1.17 bits per heavy atom. The molecule has 0 amide bonds. The highest BCUT2D eigenvalue weighted by Gasteiger charge is 2.15. The maximum atomic E-state index is 12.2. The molecule has 4 nitrogen and oxygen atoms in total. The Bertz CT molecular complexity index is 911. The summed E-state index contributed by atoms with van der Waals surface area (Å²) < 4.78 is 0. The number of hydrogen-bond donors (Lipinski definition) is 3. The van der Waals surface area contributed by atoms with Crippen molar-refractivity contribution in [2.24, 2.45) is 0 Å². The number of halogens is 1. The van der Waals surface area contributed by atoms with Crippen LogP contribution in [0.3, 0.4) is 0 Å². The fraction of sp³-hybridized carbons (Fsp3) is 0.167. The zero-order valence-corrected chi connectivity index (χ0v) is 14.3. The van der Waals surface area contributed by atoms with E-state index < -0.39 is 6.10 Å². The molecule has 0 spiro atoms. The van der Waals surface area contributed by atoms with Crippen LogP contribution in [0.4, 0.5) is 0 Å². The summed E-state index contributed by atoms with van der Waals surface area (Å²) in [4.78, 5) is 15.1. The fourth-order valence-electron chi connectivity index (χ4n) is 2.49. The molecule has 1 aromatic heterocycles. The van der Waals surface area contributed by atoms with Crippen molar-refractivity contribution >= 4 is 34.3 Å². The van der Waals surface area contributed by atoms with E-state index in [1.165, 1.54) is 0 Å². The Balaban J connectivity index is 1.77. The zero-order chi connectivity index (χ0) is 17.1. The quantitative estimate of drug-likeness (QED) is 0.607. The van der Waals surface area contributed by atoms with Crippen LogP contribution in [0.5, 0.6) is 5.75 Å². The molecule has 1 unspecified atom stereocenters. The number of aliphatic hydroxyl groups excluding tert-OH is 1. The summed E-state index contributed by atoms with van der Waals surface area (Å²) in [6, 6.07) is 14.5. The van der Waals surface area contributed by atoms with Crippen LogP contribution in [0.2, 0.25) is 5.02 Å². The van der Waals surface area contributed by atoms with Gasteiger partial charge in [0.1, 0.15) is 10.6 Å². The number of H-pyrrole nitrogens is 1. The van der Waals surface area contributed by atoms with Crippen LogP contribution in [0.1, 0.15) is 5.56 Å². The van der Waals surface area contributed by atoms with Crippen LogP contribution in [0.25, 0.3) is 10.9 Å². The number of thioether (sulfide) groups is 1. The first-order valence-corrected chi connectivity index (χ1v) is 8.80. The number of fused-ring (bicyclic) bond motifs is 1. The summed E-state index contributed by atoms with van der Waals surface area (Å²) in [5.41, 5.74) is 1.12. The minimum atomic E-state index is -0.614. The predicted octanol–water partition coefficient (Wildman–Crippen LogP) is 3.58. The molecule has 1 heterocycles. The second-order valence-electron chi connectivity index (χ2n) is 5.48. The van der Waals surface area contributed by atoms with Crippen molar-refractivity contribution in [2.45, 2.75) is 17.4 Å². The molecule has 2 aromatic carbocycles. The van der Waals surface area contributed by atoms with Crippen molar-refractivity contribution in [1.82, 2.24) is 4.98 Å². The lowest BCUT2D eigenvalue weighted by Crippen LogP contribution is -2.16. The normalized spacial score (nSPS) is 12.4. The van der Waals surface area contributed by atoms with Crippen LogP contribution < -0.4 is 5.56 Å². The number of aliphatic hydroxyl groups is 1. The highest BCUT2D eigenvalue weighted by Crippen LogP contribution is 2.32. The van der Waals surface area contributed by atoms with Gasteiger partial charge in [0.05, 0.1) is 11.6 Å². The Morgan fingerprint density at radius 3 is 2.67 bits per heavy atom. The third-order valence-electron chi connectivity index (χ3n) is 3.64. The number of hydrogen-bond acceptors (Lipinski definition) is 4. The highest BCUT2D eigenvalue weighted by molar-refractivity contribution is 7.99. The van der Waals surface area contributed by atoms with Gasteiger partial charge < -0.3 is 15.2 Å². The summed E-state index contributed by atoms with van der Waals surface area (Å²) in [6.45, 7) is 0. The largest absolute Gasteiger partial charge is 0.506 e. The van der Waals surface area contributed by atoms with E-state index in [1.807, 2.05) is 30.3 Å². The zero-order valence-electron chi connectivity index (χ0n) is 12.7. The Hall–Kier alpha value is -1.95. The predicted molar refractivity (Wildman–Crippen MR) is 98.1 cm³/mol. The van der Waals surface area contributed by atoms with Crippen molar-refractivity contribution in [3.8, 4) is 5.75 Å². The maximum absolute atomic E-state index is 12.2. The van der Waals surface area contributed by atoms with Gasteiger partial charge in [-0.1, -0.05) is 41.9 Å². The molecule has 3 aromatic rings. The molecule has 0 saturated heterocycles. The number of rotatable bonds is 5. The molecule has 0 saturated carbocycles.